The molecule has 0 spiro atoms. The fraction of sp³-hybridized carbons (Fsp3) is 0.385. The summed E-state index contributed by atoms with van der Waals surface area (Å²) in [6.45, 7) is -0.225. The second kappa shape index (κ2) is 7.73. The molecule has 0 radical (unpaired) electrons. The van der Waals surface area contributed by atoms with Gasteiger partial charge in [-0.05, 0) is 18.2 Å². The summed E-state index contributed by atoms with van der Waals surface area (Å²) in [7, 11) is 1.62. The Bertz CT molecular complexity index is 706. The van der Waals surface area contributed by atoms with Gasteiger partial charge in [-0.15, -0.1) is 0 Å². The van der Waals surface area contributed by atoms with Crippen LogP contribution in [0.3, 0.4) is 0 Å². The number of hydrogen-bond acceptors (Lipinski definition) is 5. The molecule has 0 saturated carbocycles. The highest BCUT2D eigenvalue weighted by Gasteiger charge is 2.23. The Hall–Kier alpha value is -1.68. The van der Waals surface area contributed by atoms with Gasteiger partial charge < -0.3 is 10.2 Å². The Morgan fingerprint density at radius 3 is 2.39 bits per heavy atom. The third-order valence-electron chi connectivity index (χ3n) is 2.97. The van der Waals surface area contributed by atoms with E-state index in [1.165, 1.54) is 31.2 Å². The number of benzene rings is 1. The average molecular weight is 364 g/mol. The lowest BCUT2D eigenvalue weighted by molar-refractivity contribution is -0.127. The zero-order chi connectivity index (χ0) is 17.8. The van der Waals surface area contributed by atoms with E-state index < -0.39 is 15.9 Å². The Kier molecular flexibility index (Phi) is 6.51. The molecule has 1 rings (SSSR count). The van der Waals surface area contributed by atoms with Gasteiger partial charge in [0, 0.05) is 21.1 Å². The van der Waals surface area contributed by atoms with Crippen molar-refractivity contribution in [1.29, 1.82) is 0 Å². The molecule has 0 unspecified atom stereocenters. The second-order valence-corrected chi connectivity index (χ2v) is 7.05. The SMILES string of the molecule is CON(C)S(=O)(=O)c1ccc(Cl)c(C(=O)NCC(=O)N(C)C)c1. The molecule has 128 valence electrons. The van der Waals surface area contributed by atoms with Crippen LogP contribution >= 0.6 is 11.6 Å². The van der Waals surface area contributed by atoms with Crippen molar-refractivity contribution in [1.82, 2.24) is 14.7 Å². The summed E-state index contributed by atoms with van der Waals surface area (Å²) in [6, 6.07) is 3.68. The molecule has 1 aromatic rings. The highest BCUT2D eigenvalue weighted by molar-refractivity contribution is 7.89. The number of carbonyl (C=O) groups is 2. The monoisotopic (exact) mass is 363 g/mol. The van der Waals surface area contributed by atoms with Crippen LogP contribution in [-0.4, -0.2) is 64.4 Å². The number of likely N-dealkylation sites (N-methyl/N-ethyl adjacent to an activating group) is 1. The topological polar surface area (TPSA) is 96.0 Å². The molecular formula is C13H18ClN3O5S. The van der Waals surface area contributed by atoms with E-state index in [1.807, 2.05) is 0 Å². The van der Waals surface area contributed by atoms with Crippen molar-refractivity contribution < 1.29 is 22.8 Å². The highest BCUT2D eigenvalue weighted by atomic mass is 35.5. The standard InChI is InChI=1S/C13H18ClN3O5S/c1-16(2)12(18)8-15-13(19)10-7-9(5-6-11(10)14)23(20,21)17(3)22-4/h5-7H,8H2,1-4H3,(H,15,19). The van der Waals surface area contributed by atoms with Crippen molar-refractivity contribution in [3.8, 4) is 0 Å². The predicted molar refractivity (Wildman–Crippen MR) is 84.4 cm³/mol. The van der Waals surface area contributed by atoms with Crippen LogP contribution in [0.5, 0.6) is 0 Å². The van der Waals surface area contributed by atoms with Gasteiger partial charge in [-0.2, -0.15) is 0 Å². The van der Waals surface area contributed by atoms with Gasteiger partial charge in [0.1, 0.15) is 0 Å². The van der Waals surface area contributed by atoms with Crippen molar-refractivity contribution in [3.05, 3.63) is 28.8 Å². The maximum Gasteiger partial charge on any atom is 0.264 e. The summed E-state index contributed by atoms with van der Waals surface area (Å²) in [5, 5.41) is 2.46. The van der Waals surface area contributed by atoms with Crippen molar-refractivity contribution in [2.24, 2.45) is 0 Å². The van der Waals surface area contributed by atoms with E-state index in [4.69, 9.17) is 11.6 Å². The number of nitrogens with zero attached hydrogens (tertiary/aromatic N) is 2. The van der Waals surface area contributed by atoms with Gasteiger partial charge in [0.25, 0.3) is 15.9 Å². The average Bonchev–Trinajstić information content (AvgIpc) is 2.51. The summed E-state index contributed by atoms with van der Waals surface area (Å²) in [5.74, 6) is -0.959. The number of nitrogens with one attached hydrogen (secondary N) is 1. The van der Waals surface area contributed by atoms with Gasteiger partial charge in [0.05, 0.1) is 29.1 Å². The number of rotatable bonds is 6. The van der Waals surface area contributed by atoms with Crippen LogP contribution in [-0.2, 0) is 19.7 Å². The normalized spacial score (nSPS) is 11.4. The first-order valence-corrected chi connectivity index (χ1v) is 8.24. The first kappa shape index (κ1) is 19.4. The Morgan fingerprint density at radius 2 is 1.87 bits per heavy atom. The smallest absolute Gasteiger partial charge is 0.264 e. The highest BCUT2D eigenvalue weighted by Crippen LogP contribution is 2.22. The molecule has 10 heteroatoms. The summed E-state index contributed by atoms with van der Waals surface area (Å²) in [6.07, 6.45) is 0. The minimum Gasteiger partial charge on any atom is -0.347 e. The van der Waals surface area contributed by atoms with Gasteiger partial charge >= 0.3 is 0 Å². The third kappa shape index (κ3) is 4.64. The maximum absolute atomic E-state index is 12.2. The largest absolute Gasteiger partial charge is 0.347 e. The van der Waals surface area contributed by atoms with E-state index in [0.717, 1.165) is 6.07 Å². The van der Waals surface area contributed by atoms with E-state index in [-0.39, 0.29) is 27.9 Å². The van der Waals surface area contributed by atoms with E-state index in [9.17, 15) is 18.0 Å². The van der Waals surface area contributed by atoms with Crippen molar-refractivity contribution in [3.63, 3.8) is 0 Å². The van der Waals surface area contributed by atoms with Crippen LogP contribution in [0.25, 0.3) is 0 Å². The number of hydroxylamine groups is 1. The molecular weight excluding hydrogens is 346 g/mol. The molecule has 23 heavy (non-hydrogen) atoms. The van der Waals surface area contributed by atoms with Gasteiger partial charge in [-0.25, -0.2) is 8.42 Å². The lowest BCUT2D eigenvalue weighted by Crippen LogP contribution is -2.36. The molecule has 0 heterocycles. The number of carbonyl (C=O) groups excluding carboxylic acids is 2. The van der Waals surface area contributed by atoms with Gasteiger partial charge in [0.2, 0.25) is 5.91 Å². The lowest BCUT2D eigenvalue weighted by Gasteiger charge is -2.15. The fourth-order valence-electron chi connectivity index (χ4n) is 1.49. The number of sulfonamides is 1. The molecule has 0 aliphatic rings. The van der Waals surface area contributed by atoms with E-state index in [1.54, 1.807) is 14.1 Å². The second-order valence-electron chi connectivity index (χ2n) is 4.71. The number of amides is 2. The van der Waals surface area contributed by atoms with Crippen molar-refractivity contribution in [2.45, 2.75) is 4.90 Å². The van der Waals surface area contributed by atoms with Crippen LogP contribution in [0, 0.1) is 0 Å². The van der Waals surface area contributed by atoms with Gasteiger partial charge in [-0.1, -0.05) is 16.1 Å². The van der Waals surface area contributed by atoms with Crippen LogP contribution in [0.1, 0.15) is 10.4 Å². The van der Waals surface area contributed by atoms with Crippen LogP contribution < -0.4 is 5.32 Å². The van der Waals surface area contributed by atoms with Crippen molar-refractivity contribution >= 4 is 33.4 Å². The zero-order valence-corrected chi connectivity index (χ0v) is 14.7. The summed E-state index contributed by atoms with van der Waals surface area (Å²) in [4.78, 5) is 29.4. The number of halogens is 1. The molecule has 0 bridgehead atoms. The van der Waals surface area contributed by atoms with E-state index in [0.29, 0.717) is 4.47 Å². The number of hydrogen-bond donors (Lipinski definition) is 1. The molecule has 8 nitrogen and oxygen atoms in total. The minimum absolute atomic E-state index is 0.0520. The first-order valence-electron chi connectivity index (χ1n) is 6.42. The Morgan fingerprint density at radius 1 is 1.26 bits per heavy atom. The zero-order valence-electron chi connectivity index (χ0n) is 13.2. The third-order valence-corrected chi connectivity index (χ3v) is 4.98. The molecule has 0 atom stereocenters. The summed E-state index contributed by atoms with van der Waals surface area (Å²) >= 11 is 5.94. The molecule has 1 N–H and O–H groups in total. The molecule has 0 fully saturated rings. The van der Waals surface area contributed by atoms with Crippen LogP contribution in [0.2, 0.25) is 5.02 Å². The fourth-order valence-corrected chi connectivity index (χ4v) is 2.70. The minimum atomic E-state index is -3.91. The van der Waals surface area contributed by atoms with E-state index in [2.05, 4.69) is 10.2 Å². The maximum atomic E-state index is 12.2. The van der Waals surface area contributed by atoms with Gasteiger partial charge in [-0.3, -0.25) is 14.4 Å². The summed E-state index contributed by atoms with van der Waals surface area (Å²) < 4.78 is 25.0. The van der Waals surface area contributed by atoms with Crippen molar-refractivity contribution in [2.75, 3.05) is 34.8 Å². The lowest BCUT2D eigenvalue weighted by atomic mass is 10.2. The predicted octanol–water partition coefficient (Wildman–Crippen LogP) is 0.340. The van der Waals surface area contributed by atoms with Crippen LogP contribution in [0.4, 0.5) is 0 Å². The molecule has 0 saturated heterocycles. The molecule has 0 aliphatic heterocycles. The molecule has 1 aromatic carbocycles. The molecule has 2 amide bonds. The van der Waals surface area contributed by atoms with E-state index >= 15 is 0 Å². The van der Waals surface area contributed by atoms with Gasteiger partial charge in [0.15, 0.2) is 0 Å². The summed E-state index contributed by atoms with van der Waals surface area (Å²) in [5.41, 5.74) is -0.0520. The quantitative estimate of drug-likeness (QED) is 0.735. The van der Waals surface area contributed by atoms with Crippen LogP contribution in [0.15, 0.2) is 23.1 Å². The molecule has 0 aromatic heterocycles. The Labute approximate surface area is 140 Å². The Balaban J connectivity index is 3.07. The molecule has 0 aliphatic carbocycles. The first-order chi connectivity index (χ1) is 10.6.